The molecule has 0 nitrogen and oxygen atoms in total. The van der Waals surface area contributed by atoms with Crippen LogP contribution in [0, 0.1) is 23.7 Å². The van der Waals surface area contributed by atoms with E-state index in [1.807, 2.05) is 0 Å². The van der Waals surface area contributed by atoms with Crippen LogP contribution in [0.15, 0.2) is 0 Å². The van der Waals surface area contributed by atoms with Gasteiger partial charge in [-0.3, -0.25) is 0 Å². The molecule has 0 aliphatic heterocycles. The molecule has 0 amide bonds. The lowest BCUT2D eigenvalue weighted by Crippen LogP contribution is -1.42. The molecule has 0 unspecified atom stereocenters. The lowest BCUT2D eigenvalue weighted by Gasteiger charge is -1.48. The van der Waals surface area contributed by atoms with Crippen LogP contribution >= 0.6 is 0 Å². The summed E-state index contributed by atoms with van der Waals surface area (Å²) in [6.07, 6.45) is 0. The van der Waals surface area contributed by atoms with Crippen molar-refractivity contribution in [3.8, 4) is 23.7 Å². The molecule has 0 aromatic rings. The Balaban J connectivity index is 3.43. The molecule has 0 heterocycles. The van der Waals surface area contributed by atoms with Gasteiger partial charge in [-0.2, -0.15) is 0 Å². The SMILES string of the molecule is CC#CC#CC. The van der Waals surface area contributed by atoms with Crippen molar-refractivity contribution < 1.29 is 0 Å². The van der Waals surface area contributed by atoms with Gasteiger partial charge in [0.1, 0.15) is 0 Å². The fraction of sp³-hybridized carbons (Fsp3) is 0.333. The second-order valence-electron chi connectivity index (χ2n) is 0.750. The molecular formula is C6H6. The molecule has 0 aliphatic rings. The van der Waals surface area contributed by atoms with Gasteiger partial charge in [0, 0.05) is 0 Å². The molecule has 0 aromatic heterocycles. The average molecular weight is 78.1 g/mol. The van der Waals surface area contributed by atoms with E-state index in [0.717, 1.165) is 0 Å². The first kappa shape index (κ1) is 5.12. The van der Waals surface area contributed by atoms with Gasteiger partial charge >= 0.3 is 0 Å². The predicted molar refractivity (Wildman–Crippen MR) is 26.9 cm³/mol. The number of hydrogen-bond donors (Lipinski definition) is 0. The zero-order valence-corrected chi connectivity index (χ0v) is 4.00. The summed E-state index contributed by atoms with van der Waals surface area (Å²) in [5.74, 6) is 10.5. The topological polar surface area (TPSA) is 0 Å². The van der Waals surface area contributed by atoms with Crippen LogP contribution in [0.3, 0.4) is 0 Å². The third-order valence-electron chi connectivity index (χ3n) is 0.312. The Kier molecular flexibility index (Phi) is 3.52. The van der Waals surface area contributed by atoms with E-state index in [1.165, 1.54) is 0 Å². The van der Waals surface area contributed by atoms with Gasteiger partial charge < -0.3 is 0 Å². The van der Waals surface area contributed by atoms with E-state index in [-0.39, 0.29) is 0 Å². The van der Waals surface area contributed by atoms with Crippen molar-refractivity contribution >= 4 is 0 Å². The monoisotopic (exact) mass is 78.0 g/mol. The molecule has 0 aromatic carbocycles. The quantitative estimate of drug-likeness (QED) is 0.380. The molecule has 0 fully saturated rings. The smallest absolute Gasteiger partial charge is 0.00168 e. The molecule has 0 N–H and O–H groups in total. The van der Waals surface area contributed by atoms with Crippen molar-refractivity contribution in [3.05, 3.63) is 0 Å². The molecule has 30 valence electrons. The third kappa shape index (κ3) is 3.12. The van der Waals surface area contributed by atoms with Crippen LogP contribution in [0.25, 0.3) is 0 Å². The summed E-state index contributed by atoms with van der Waals surface area (Å²) in [5.41, 5.74) is 0. The summed E-state index contributed by atoms with van der Waals surface area (Å²) in [7, 11) is 0. The van der Waals surface area contributed by atoms with E-state index in [9.17, 15) is 0 Å². The maximum absolute atomic E-state index is 2.64. The van der Waals surface area contributed by atoms with Crippen molar-refractivity contribution in [1.29, 1.82) is 0 Å². The summed E-state index contributed by atoms with van der Waals surface area (Å²) >= 11 is 0. The predicted octanol–water partition coefficient (Wildman–Crippen LogP) is 1.03. The van der Waals surface area contributed by atoms with Crippen molar-refractivity contribution in [2.24, 2.45) is 0 Å². The van der Waals surface area contributed by atoms with Gasteiger partial charge in [0.25, 0.3) is 0 Å². The van der Waals surface area contributed by atoms with Gasteiger partial charge in [0.15, 0.2) is 0 Å². The lowest BCUT2D eigenvalue weighted by molar-refractivity contribution is 1.90. The molecule has 0 saturated heterocycles. The Morgan fingerprint density at radius 1 is 0.833 bits per heavy atom. The van der Waals surface area contributed by atoms with Gasteiger partial charge in [-0.05, 0) is 25.7 Å². The van der Waals surface area contributed by atoms with Crippen LogP contribution in [0.2, 0.25) is 0 Å². The van der Waals surface area contributed by atoms with Crippen LogP contribution in [0.5, 0.6) is 0 Å². The standard InChI is InChI=1S/C6H6/c1-3-5-6-4-2/h1-2H3. The number of hydrogen-bond acceptors (Lipinski definition) is 0. The average Bonchev–Trinajstić information content (AvgIpc) is 1.61. The second kappa shape index (κ2) is 4.12. The highest BCUT2D eigenvalue weighted by atomic mass is 13.5. The highest BCUT2D eigenvalue weighted by Gasteiger charge is 1.41. The largest absolute Gasteiger partial charge is 0.0925 e. The maximum atomic E-state index is 2.64. The van der Waals surface area contributed by atoms with Crippen LogP contribution in [0.4, 0.5) is 0 Å². The Hall–Kier alpha value is -0.880. The van der Waals surface area contributed by atoms with E-state index >= 15 is 0 Å². The van der Waals surface area contributed by atoms with E-state index in [0.29, 0.717) is 0 Å². The molecule has 0 radical (unpaired) electrons. The zero-order valence-electron chi connectivity index (χ0n) is 4.00. The third-order valence-corrected chi connectivity index (χ3v) is 0.312. The highest BCUT2D eigenvalue weighted by molar-refractivity contribution is 5.23. The summed E-state index contributed by atoms with van der Waals surface area (Å²) in [4.78, 5) is 0. The summed E-state index contributed by atoms with van der Waals surface area (Å²) in [6.45, 7) is 3.54. The molecule has 0 saturated carbocycles. The molecule has 0 rings (SSSR count). The van der Waals surface area contributed by atoms with Crippen molar-refractivity contribution in [3.63, 3.8) is 0 Å². The van der Waals surface area contributed by atoms with Crippen LogP contribution in [-0.2, 0) is 0 Å². The number of rotatable bonds is 0. The first-order chi connectivity index (χ1) is 2.91. The minimum atomic E-state index is 1.77. The highest BCUT2D eigenvalue weighted by Crippen LogP contribution is 1.47. The minimum Gasteiger partial charge on any atom is -0.0925 e. The fourth-order valence-corrected chi connectivity index (χ4v) is 0.125. The molecule has 0 bridgehead atoms. The Bertz CT molecular complexity index is 104. The molecule has 0 spiro atoms. The molecule has 6 heavy (non-hydrogen) atoms. The van der Waals surface area contributed by atoms with Crippen molar-refractivity contribution in [2.75, 3.05) is 0 Å². The Labute approximate surface area is 38.6 Å². The normalized spacial score (nSPS) is 3.67. The summed E-state index contributed by atoms with van der Waals surface area (Å²) in [6, 6.07) is 0. The summed E-state index contributed by atoms with van der Waals surface area (Å²) in [5, 5.41) is 0. The van der Waals surface area contributed by atoms with Crippen LogP contribution in [-0.4, -0.2) is 0 Å². The van der Waals surface area contributed by atoms with Gasteiger partial charge in [-0.25, -0.2) is 0 Å². The van der Waals surface area contributed by atoms with Crippen molar-refractivity contribution in [1.82, 2.24) is 0 Å². The van der Waals surface area contributed by atoms with Gasteiger partial charge in [0.05, 0.1) is 0 Å². The first-order valence-corrected chi connectivity index (χ1v) is 1.75. The van der Waals surface area contributed by atoms with Crippen LogP contribution < -0.4 is 0 Å². The fourth-order valence-electron chi connectivity index (χ4n) is 0.125. The minimum absolute atomic E-state index is 1.77. The van der Waals surface area contributed by atoms with E-state index < -0.39 is 0 Å². The first-order valence-electron chi connectivity index (χ1n) is 1.75. The summed E-state index contributed by atoms with van der Waals surface area (Å²) < 4.78 is 0. The molecule has 0 heteroatoms. The van der Waals surface area contributed by atoms with Crippen LogP contribution in [0.1, 0.15) is 13.8 Å². The molecular weight excluding hydrogens is 72.1 g/mol. The van der Waals surface area contributed by atoms with Gasteiger partial charge in [-0.1, -0.05) is 11.8 Å². The Morgan fingerprint density at radius 2 is 1.17 bits per heavy atom. The van der Waals surface area contributed by atoms with E-state index in [4.69, 9.17) is 0 Å². The van der Waals surface area contributed by atoms with E-state index in [2.05, 4.69) is 23.7 Å². The molecule has 0 aliphatic carbocycles. The van der Waals surface area contributed by atoms with E-state index in [1.54, 1.807) is 13.8 Å². The van der Waals surface area contributed by atoms with Gasteiger partial charge in [-0.15, -0.1) is 0 Å². The zero-order chi connectivity index (χ0) is 4.83. The second-order valence-corrected chi connectivity index (χ2v) is 0.750. The lowest BCUT2D eigenvalue weighted by atomic mass is 10.6. The van der Waals surface area contributed by atoms with Crippen molar-refractivity contribution in [2.45, 2.75) is 13.8 Å². The molecule has 0 atom stereocenters. The van der Waals surface area contributed by atoms with Gasteiger partial charge in [0.2, 0.25) is 0 Å². The maximum Gasteiger partial charge on any atom is -0.00168 e. The Morgan fingerprint density at radius 3 is 1.33 bits per heavy atom.